The Balaban J connectivity index is 2.41. The van der Waals surface area contributed by atoms with Gasteiger partial charge in [0.2, 0.25) is 5.95 Å². The van der Waals surface area contributed by atoms with Crippen LogP contribution in [0, 0.1) is 6.92 Å². The molecule has 0 saturated carbocycles. The highest BCUT2D eigenvalue weighted by Crippen LogP contribution is 2.09. The van der Waals surface area contributed by atoms with Crippen LogP contribution >= 0.6 is 0 Å². The summed E-state index contributed by atoms with van der Waals surface area (Å²) >= 11 is 0. The van der Waals surface area contributed by atoms with Crippen LogP contribution in [0.3, 0.4) is 0 Å². The van der Waals surface area contributed by atoms with E-state index in [4.69, 9.17) is 9.47 Å². The van der Waals surface area contributed by atoms with Crippen LogP contribution in [0.4, 0.5) is 5.95 Å². The first-order valence-electron chi connectivity index (χ1n) is 6.92. The molecule has 0 atom stereocenters. The van der Waals surface area contributed by atoms with Crippen LogP contribution in [0.2, 0.25) is 0 Å². The van der Waals surface area contributed by atoms with Gasteiger partial charge in [0, 0.05) is 26.5 Å². The van der Waals surface area contributed by atoms with Crippen LogP contribution in [0.25, 0.3) is 0 Å². The maximum atomic E-state index is 11.6. The highest BCUT2D eigenvalue weighted by molar-refractivity contribution is 5.90. The number of ether oxygens (including phenoxy) is 2. The second kappa shape index (κ2) is 9.25. The van der Waals surface area contributed by atoms with Crippen molar-refractivity contribution in [1.82, 2.24) is 9.97 Å². The van der Waals surface area contributed by atoms with E-state index in [9.17, 15) is 4.79 Å². The number of aromatic nitrogens is 2. The van der Waals surface area contributed by atoms with Gasteiger partial charge in [-0.1, -0.05) is 0 Å². The summed E-state index contributed by atoms with van der Waals surface area (Å²) in [5.74, 6) is 0.165. The topological polar surface area (TPSA) is 73.3 Å². The van der Waals surface area contributed by atoms with Crippen molar-refractivity contribution in [2.75, 3.05) is 32.2 Å². The molecule has 0 bridgehead atoms. The molecule has 1 N–H and O–H groups in total. The molecule has 0 amide bonds. The molecule has 112 valence electrons. The van der Waals surface area contributed by atoms with Gasteiger partial charge in [-0.05, 0) is 33.1 Å². The van der Waals surface area contributed by atoms with Gasteiger partial charge in [-0.3, -0.25) is 0 Å². The minimum atomic E-state index is -0.379. The summed E-state index contributed by atoms with van der Waals surface area (Å²) in [6.45, 7) is 5.50. The number of rotatable bonds is 9. The molecule has 0 fully saturated rings. The van der Waals surface area contributed by atoms with Crippen LogP contribution in [-0.2, 0) is 9.47 Å². The molecule has 0 aromatic carbocycles. The fourth-order valence-electron chi connectivity index (χ4n) is 1.71. The lowest BCUT2D eigenvalue weighted by atomic mass is 10.2. The molecule has 1 rings (SSSR count). The Morgan fingerprint density at radius 1 is 1.35 bits per heavy atom. The molecular formula is C14H23N3O3. The van der Waals surface area contributed by atoms with Crippen LogP contribution in [0.15, 0.2) is 6.20 Å². The molecule has 1 heterocycles. The van der Waals surface area contributed by atoms with E-state index in [2.05, 4.69) is 15.3 Å². The average Bonchev–Trinajstić information content (AvgIpc) is 2.43. The van der Waals surface area contributed by atoms with Crippen LogP contribution < -0.4 is 5.32 Å². The zero-order valence-corrected chi connectivity index (χ0v) is 12.4. The van der Waals surface area contributed by atoms with Crippen molar-refractivity contribution in [2.45, 2.75) is 33.1 Å². The van der Waals surface area contributed by atoms with E-state index in [1.165, 1.54) is 6.20 Å². The molecular weight excluding hydrogens is 258 g/mol. The SMILES string of the molecule is CCOC(=O)c1cnc(NCCCCCOC)nc1C. The molecule has 1 aromatic heterocycles. The number of unbranched alkanes of at least 4 members (excludes halogenated alkanes) is 2. The Labute approximate surface area is 119 Å². The van der Waals surface area contributed by atoms with Gasteiger partial charge in [0.25, 0.3) is 0 Å². The van der Waals surface area contributed by atoms with E-state index < -0.39 is 0 Å². The lowest BCUT2D eigenvalue weighted by Crippen LogP contribution is -2.12. The van der Waals surface area contributed by atoms with Crippen molar-refractivity contribution in [2.24, 2.45) is 0 Å². The Kier molecular flexibility index (Phi) is 7.57. The monoisotopic (exact) mass is 281 g/mol. The maximum Gasteiger partial charge on any atom is 0.341 e. The Hall–Kier alpha value is -1.69. The minimum absolute atomic E-state index is 0.347. The number of carbonyl (C=O) groups is 1. The highest BCUT2D eigenvalue weighted by atomic mass is 16.5. The van der Waals surface area contributed by atoms with Gasteiger partial charge in [-0.2, -0.15) is 0 Å². The summed E-state index contributed by atoms with van der Waals surface area (Å²) in [5, 5.41) is 3.15. The lowest BCUT2D eigenvalue weighted by Gasteiger charge is -2.08. The van der Waals surface area contributed by atoms with Crippen LogP contribution in [0.1, 0.15) is 42.2 Å². The highest BCUT2D eigenvalue weighted by Gasteiger charge is 2.12. The Morgan fingerprint density at radius 2 is 2.15 bits per heavy atom. The molecule has 0 unspecified atom stereocenters. The summed E-state index contributed by atoms with van der Waals surface area (Å²) in [7, 11) is 1.71. The third kappa shape index (κ3) is 5.52. The standard InChI is InChI=1S/C14H23N3O3/c1-4-20-13(18)12-10-16-14(17-11(12)2)15-8-6-5-7-9-19-3/h10H,4-9H2,1-3H3,(H,15,16,17). The van der Waals surface area contributed by atoms with Gasteiger partial charge < -0.3 is 14.8 Å². The molecule has 0 aliphatic carbocycles. The molecule has 6 nitrogen and oxygen atoms in total. The fraction of sp³-hybridized carbons (Fsp3) is 0.643. The number of hydrogen-bond donors (Lipinski definition) is 1. The van der Waals surface area contributed by atoms with Gasteiger partial charge in [-0.25, -0.2) is 14.8 Å². The van der Waals surface area contributed by atoms with Crippen molar-refractivity contribution >= 4 is 11.9 Å². The summed E-state index contributed by atoms with van der Waals surface area (Å²) < 4.78 is 9.92. The summed E-state index contributed by atoms with van der Waals surface area (Å²) in [4.78, 5) is 20.0. The predicted molar refractivity (Wildman–Crippen MR) is 76.9 cm³/mol. The van der Waals surface area contributed by atoms with E-state index in [-0.39, 0.29) is 5.97 Å². The third-order valence-electron chi connectivity index (χ3n) is 2.78. The van der Waals surface area contributed by atoms with Crippen molar-refractivity contribution < 1.29 is 14.3 Å². The van der Waals surface area contributed by atoms with Gasteiger partial charge in [0.15, 0.2) is 0 Å². The summed E-state index contributed by atoms with van der Waals surface area (Å²) in [6, 6.07) is 0. The number of nitrogens with one attached hydrogen (secondary N) is 1. The first kappa shape index (κ1) is 16.4. The van der Waals surface area contributed by atoms with Crippen molar-refractivity contribution in [3.05, 3.63) is 17.5 Å². The first-order chi connectivity index (χ1) is 9.69. The van der Waals surface area contributed by atoms with Crippen molar-refractivity contribution in [3.63, 3.8) is 0 Å². The molecule has 20 heavy (non-hydrogen) atoms. The van der Waals surface area contributed by atoms with Gasteiger partial charge in [0.05, 0.1) is 17.9 Å². The van der Waals surface area contributed by atoms with E-state index in [1.54, 1.807) is 21.0 Å². The van der Waals surface area contributed by atoms with Gasteiger partial charge in [-0.15, -0.1) is 0 Å². The van der Waals surface area contributed by atoms with Gasteiger partial charge >= 0.3 is 5.97 Å². The van der Waals surface area contributed by atoms with E-state index in [1.807, 2.05) is 0 Å². The third-order valence-corrected chi connectivity index (χ3v) is 2.78. The smallest absolute Gasteiger partial charge is 0.341 e. The van der Waals surface area contributed by atoms with Gasteiger partial charge in [0.1, 0.15) is 0 Å². The maximum absolute atomic E-state index is 11.6. The van der Waals surface area contributed by atoms with Crippen molar-refractivity contribution in [1.29, 1.82) is 0 Å². The minimum Gasteiger partial charge on any atom is -0.462 e. The lowest BCUT2D eigenvalue weighted by molar-refractivity contribution is 0.0524. The van der Waals surface area contributed by atoms with E-state index in [0.29, 0.717) is 23.8 Å². The first-order valence-corrected chi connectivity index (χ1v) is 6.92. The summed E-state index contributed by atoms with van der Waals surface area (Å²) in [5.41, 5.74) is 1.04. The molecule has 6 heteroatoms. The molecule has 0 spiro atoms. The van der Waals surface area contributed by atoms with Crippen LogP contribution in [-0.4, -0.2) is 42.8 Å². The number of aryl methyl sites for hydroxylation is 1. The second-order valence-electron chi connectivity index (χ2n) is 4.39. The number of carbonyl (C=O) groups excluding carboxylic acids is 1. The zero-order chi connectivity index (χ0) is 14.8. The largest absolute Gasteiger partial charge is 0.462 e. The number of hydrogen-bond acceptors (Lipinski definition) is 6. The molecule has 0 radical (unpaired) electrons. The number of esters is 1. The number of methoxy groups -OCH3 is 1. The molecule has 1 aromatic rings. The van der Waals surface area contributed by atoms with Crippen molar-refractivity contribution in [3.8, 4) is 0 Å². The fourth-order valence-corrected chi connectivity index (χ4v) is 1.71. The summed E-state index contributed by atoms with van der Waals surface area (Å²) in [6.07, 6.45) is 4.69. The predicted octanol–water partition coefficient (Wildman–Crippen LogP) is 2.19. The average molecular weight is 281 g/mol. The molecule has 0 saturated heterocycles. The quantitative estimate of drug-likeness (QED) is 0.552. The number of anilines is 1. The Bertz CT molecular complexity index is 424. The molecule has 0 aliphatic rings. The van der Waals surface area contributed by atoms with E-state index in [0.717, 1.165) is 32.4 Å². The molecule has 0 aliphatic heterocycles. The zero-order valence-electron chi connectivity index (χ0n) is 12.4. The normalized spacial score (nSPS) is 10.3. The second-order valence-corrected chi connectivity index (χ2v) is 4.39. The van der Waals surface area contributed by atoms with Crippen LogP contribution in [0.5, 0.6) is 0 Å². The van der Waals surface area contributed by atoms with E-state index >= 15 is 0 Å². The Morgan fingerprint density at radius 3 is 2.80 bits per heavy atom. The number of nitrogens with zero attached hydrogens (tertiary/aromatic N) is 2.